The molecule has 0 radical (unpaired) electrons. The van der Waals surface area contributed by atoms with Gasteiger partial charge < -0.3 is 14.2 Å². The minimum absolute atomic E-state index is 0.264. The molecule has 7 aromatic carbocycles. The van der Waals surface area contributed by atoms with Gasteiger partial charge in [0, 0.05) is 67.2 Å². The zero-order valence-electron chi connectivity index (χ0n) is 30.5. The van der Waals surface area contributed by atoms with E-state index in [4.69, 9.17) is 4.42 Å². The van der Waals surface area contributed by atoms with Crippen LogP contribution in [0.25, 0.3) is 33.4 Å². The highest BCUT2D eigenvalue weighted by Gasteiger charge is 2.50. The first-order chi connectivity index (χ1) is 25.8. The number of hydrogen-bond donors (Lipinski definition) is 0. The Morgan fingerprint density at radius 2 is 0.736 bits per heavy atom. The van der Waals surface area contributed by atoms with E-state index in [-0.39, 0.29) is 10.8 Å². The SMILES string of the molecule is CC1(C)c2cc(N(c3ccccc3)c3ccccc3)ccc2-c2oc3c(c21)C(C)(C)c1cc(N(c2ccccc2)c2ccc4ccccc4c2)ccc1-3. The number of rotatable bonds is 6. The van der Waals surface area contributed by atoms with E-state index in [1.807, 2.05) is 0 Å². The second-order valence-electron chi connectivity index (χ2n) is 15.4. The Morgan fingerprint density at radius 1 is 0.358 bits per heavy atom. The van der Waals surface area contributed by atoms with Crippen molar-refractivity contribution in [1.29, 1.82) is 0 Å². The lowest BCUT2D eigenvalue weighted by molar-refractivity contribution is 0.592. The number of furan rings is 1. The van der Waals surface area contributed by atoms with Crippen LogP contribution in [-0.4, -0.2) is 0 Å². The average Bonchev–Trinajstić information content (AvgIpc) is 3.77. The maximum atomic E-state index is 7.05. The highest BCUT2D eigenvalue weighted by atomic mass is 16.3. The molecule has 3 heteroatoms. The number of fused-ring (bicyclic) bond motifs is 8. The van der Waals surface area contributed by atoms with Gasteiger partial charge in [0.2, 0.25) is 0 Å². The molecule has 0 amide bonds. The fourth-order valence-electron chi connectivity index (χ4n) is 8.99. The molecule has 3 nitrogen and oxygen atoms in total. The third-order valence-electron chi connectivity index (χ3n) is 11.6. The van der Waals surface area contributed by atoms with Crippen LogP contribution in [0.15, 0.2) is 174 Å². The third kappa shape index (κ3) is 4.73. The predicted molar refractivity (Wildman–Crippen MR) is 221 cm³/mol. The van der Waals surface area contributed by atoms with Gasteiger partial charge in [0.15, 0.2) is 0 Å². The Labute approximate surface area is 311 Å². The van der Waals surface area contributed by atoms with E-state index >= 15 is 0 Å². The van der Waals surface area contributed by atoms with Gasteiger partial charge in [0.05, 0.1) is 0 Å². The second kappa shape index (κ2) is 11.6. The molecule has 0 saturated heterocycles. The maximum Gasteiger partial charge on any atom is 0.139 e. The van der Waals surface area contributed by atoms with Crippen LogP contribution in [0.2, 0.25) is 0 Å². The number of nitrogens with zero attached hydrogens (tertiary/aromatic N) is 2. The maximum absolute atomic E-state index is 7.05. The molecule has 1 heterocycles. The Hall–Kier alpha value is -6.32. The van der Waals surface area contributed by atoms with Gasteiger partial charge in [-0.1, -0.05) is 113 Å². The third-order valence-corrected chi connectivity index (χ3v) is 11.6. The summed E-state index contributed by atoms with van der Waals surface area (Å²) in [4.78, 5) is 4.72. The van der Waals surface area contributed by atoms with Gasteiger partial charge in [-0.25, -0.2) is 0 Å². The predicted octanol–water partition coefficient (Wildman–Crippen LogP) is 14.0. The van der Waals surface area contributed by atoms with Gasteiger partial charge in [-0.2, -0.15) is 0 Å². The summed E-state index contributed by atoms with van der Waals surface area (Å²) in [6.45, 7) is 9.48. The van der Waals surface area contributed by atoms with Crippen molar-refractivity contribution < 1.29 is 4.42 Å². The van der Waals surface area contributed by atoms with Gasteiger partial charge >= 0.3 is 0 Å². The number of hydrogen-bond acceptors (Lipinski definition) is 3. The Kier molecular flexibility index (Phi) is 6.87. The molecule has 53 heavy (non-hydrogen) atoms. The van der Waals surface area contributed by atoms with E-state index in [2.05, 4.69) is 207 Å². The molecule has 0 unspecified atom stereocenters. The molecule has 0 saturated carbocycles. The molecule has 8 aromatic rings. The van der Waals surface area contributed by atoms with E-state index < -0.39 is 0 Å². The summed E-state index contributed by atoms with van der Waals surface area (Å²) in [5, 5.41) is 2.46. The largest absolute Gasteiger partial charge is 0.455 e. The summed E-state index contributed by atoms with van der Waals surface area (Å²) in [5.74, 6) is 2.02. The number of benzene rings is 7. The Balaban J connectivity index is 1.08. The van der Waals surface area contributed by atoms with Crippen LogP contribution in [0.5, 0.6) is 0 Å². The summed E-state index contributed by atoms with van der Waals surface area (Å²) in [6, 6.07) is 61.1. The first kappa shape index (κ1) is 31.4. The Bertz CT molecular complexity index is 2630. The summed E-state index contributed by atoms with van der Waals surface area (Å²) in [7, 11) is 0. The van der Waals surface area contributed by atoms with Crippen LogP contribution in [0.4, 0.5) is 34.1 Å². The topological polar surface area (TPSA) is 19.6 Å². The average molecular weight is 685 g/mol. The Morgan fingerprint density at radius 3 is 1.21 bits per heavy atom. The molecule has 2 aliphatic carbocycles. The zero-order chi connectivity index (χ0) is 35.9. The van der Waals surface area contributed by atoms with Crippen molar-refractivity contribution in [2.24, 2.45) is 0 Å². The normalized spacial score (nSPS) is 14.3. The van der Waals surface area contributed by atoms with Gasteiger partial charge in [-0.3, -0.25) is 0 Å². The lowest BCUT2D eigenvalue weighted by Crippen LogP contribution is -2.23. The highest BCUT2D eigenvalue weighted by molar-refractivity contribution is 5.93. The van der Waals surface area contributed by atoms with Crippen molar-refractivity contribution in [2.75, 3.05) is 9.80 Å². The zero-order valence-corrected chi connectivity index (χ0v) is 30.5. The van der Waals surface area contributed by atoms with Crippen LogP contribution < -0.4 is 9.80 Å². The van der Waals surface area contributed by atoms with Crippen molar-refractivity contribution in [1.82, 2.24) is 0 Å². The lowest BCUT2D eigenvalue weighted by atomic mass is 9.74. The first-order valence-electron chi connectivity index (χ1n) is 18.5. The molecule has 256 valence electrons. The van der Waals surface area contributed by atoms with Gasteiger partial charge in [0.1, 0.15) is 11.5 Å². The fourth-order valence-corrected chi connectivity index (χ4v) is 8.99. The van der Waals surface area contributed by atoms with E-state index in [9.17, 15) is 0 Å². The molecule has 0 fully saturated rings. The monoisotopic (exact) mass is 684 g/mol. The second-order valence-corrected chi connectivity index (χ2v) is 15.4. The van der Waals surface area contributed by atoms with Crippen LogP contribution in [0, 0.1) is 0 Å². The molecular weight excluding hydrogens is 645 g/mol. The van der Waals surface area contributed by atoms with Gasteiger partial charge in [-0.05, 0) is 107 Å². The molecule has 2 aliphatic rings. The fraction of sp³-hybridized carbons (Fsp3) is 0.120. The minimum Gasteiger partial charge on any atom is -0.455 e. The molecule has 0 bridgehead atoms. The van der Waals surface area contributed by atoms with Gasteiger partial charge in [-0.15, -0.1) is 0 Å². The molecule has 10 rings (SSSR count). The standard InChI is InChI=1S/C50H40N2O/c1-49(2)43-31-39(51(35-18-8-5-9-19-35)36-20-10-6-11-21-36)26-28-41(43)47-45(49)46-48(53-47)42-29-27-40(32-44(42)50(46,3)4)52(37-22-12-7-13-23-37)38-25-24-33-16-14-15-17-34(33)30-38/h5-32H,1-4H3. The van der Waals surface area contributed by atoms with Gasteiger partial charge in [0.25, 0.3) is 0 Å². The first-order valence-corrected chi connectivity index (χ1v) is 18.5. The lowest BCUT2D eigenvalue weighted by Gasteiger charge is -2.30. The number of para-hydroxylation sites is 3. The molecule has 0 spiro atoms. The van der Waals surface area contributed by atoms with Crippen LogP contribution in [0.1, 0.15) is 49.9 Å². The van der Waals surface area contributed by atoms with Crippen molar-refractivity contribution in [3.05, 3.63) is 192 Å². The summed E-state index contributed by atoms with van der Waals surface area (Å²) in [5.41, 5.74) is 13.8. The molecule has 0 aliphatic heterocycles. The van der Waals surface area contributed by atoms with Crippen molar-refractivity contribution in [3.8, 4) is 22.6 Å². The molecule has 0 N–H and O–H groups in total. The summed E-state index contributed by atoms with van der Waals surface area (Å²) < 4.78 is 7.05. The smallest absolute Gasteiger partial charge is 0.139 e. The van der Waals surface area contributed by atoms with Crippen LogP contribution in [0.3, 0.4) is 0 Å². The summed E-state index contributed by atoms with van der Waals surface area (Å²) >= 11 is 0. The molecule has 0 atom stereocenters. The van der Waals surface area contributed by atoms with E-state index in [0.29, 0.717) is 0 Å². The van der Waals surface area contributed by atoms with Crippen molar-refractivity contribution in [2.45, 2.75) is 38.5 Å². The minimum atomic E-state index is -0.272. The molecule has 1 aromatic heterocycles. The van der Waals surface area contributed by atoms with Crippen LogP contribution in [-0.2, 0) is 10.8 Å². The number of anilines is 6. The summed E-state index contributed by atoms with van der Waals surface area (Å²) in [6.07, 6.45) is 0. The van der Waals surface area contributed by atoms with E-state index in [1.54, 1.807) is 0 Å². The van der Waals surface area contributed by atoms with Crippen molar-refractivity contribution in [3.63, 3.8) is 0 Å². The van der Waals surface area contributed by atoms with E-state index in [1.165, 1.54) is 44.2 Å². The van der Waals surface area contributed by atoms with Crippen LogP contribution >= 0.6 is 0 Å². The van der Waals surface area contributed by atoms with E-state index in [0.717, 1.165) is 45.6 Å². The highest BCUT2D eigenvalue weighted by Crippen LogP contribution is 2.62. The van der Waals surface area contributed by atoms with Crippen molar-refractivity contribution >= 4 is 44.9 Å². The molecular formula is C50H40N2O. The quantitative estimate of drug-likeness (QED) is 0.174.